The van der Waals surface area contributed by atoms with Crippen LogP contribution in [0, 0.1) is 0 Å². The van der Waals surface area contributed by atoms with E-state index in [9.17, 15) is 18.0 Å². The third kappa shape index (κ3) is 4.31. The highest BCUT2D eigenvalue weighted by Gasteiger charge is 2.46. The molecular formula is C19H19N3O6S2. The Hall–Kier alpha value is -2.92. The summed E-state index contributed by atoms with van der Waals surface area (Å²) in [6.45, 7) is 0. The van der Waals surface area contributed by atoms with E-state index < -0.39 is 27.7 Å². The number of anilines is 2. The van der Waals surface area contributed by atoms with Crippen LogP contribution in [0.3, 0.4) is 0 Å². The van der Waals surface area contributed by atoms with E-state index in [2.05, 4.69) is 15.0 Å². The van der Waals surface area contributed by atoms with Crippen LogP contribution in [0.25, 0.3) is 0 Å². The first-order valence-corrected chi connectivity index (χ1v) is 11.7. The zero-order chi connectivity index (χ0) is 21.2. The number of sulfonamides is 1. The maximum Gasteiger partial charge on any atom is 0.350 e. The summed E-state index contributed by atoms with van der Waals surface area (Å²) in [6.07, 6.45) is 6.42. The molecule has 4 rings (SSSR count). The largest absolute Gasteiger partial charge is 0.419 e. The number of carbonyl (C=O) groups is 2. The summed E-state index contributed by atoms with van der Waals surface area (Å²) in [5.74, 6) is -2.59. The molecule has 1 aromatic carbocycles. The number of ether oxygens (including phenoxy) is 2. The summed E-state index contributed by atoms with van der Waals surface area (Å²) in [4.78, 5) is 28.6. The summed E-state index contributed by atoms with van der Waals surface area (Å²) >= 11 is 1.17. The highest BCUT2D eigenvalue weighted by atomic mass is 32.2. The Morgan fingerprint density at radius 2 is 1.70 bits per heavy atom. The molecular weight excluding hydrogens is 430 g/mol. The summed E-state index contributed by atoms with van der Waals surface area (Å²) in [5, 5.41) is 4.73. The lowest BCUT2D eigenvalue weighted by Gasteiger charge is -2.38. The van der Waals surface area contributed by atoms with Gasteiger partial charge in [0.05, 0.1) is 4.90 Å². The maximum atomic E-state index is 12.4. The second-order valence-corrected chi connectivity index (χ2v) is 9.50. The van der Waals surface area contributed by atoms with Crippen molar-refractivity contribution in [1.82, 2.24) is 4.98 Å². The number of nitrogens with one attached hydrogen (secondary N) is 2. The maximum absolute atomic E-state index is 12.4. The lowest BCUT2D eigenvalue weighted by atomic mass is 9.93. The van der Waals surface area contributed by atoms with Gasteiger partial charge in [0.25, 0.3) is 15.8 Å². The van der Waals surface area contributed by atoms with Crippen LogP contribution < -0.4 is 10.0 Å². The first-order valence-electron chi connectivity index (χ1n) is 9.33. The van der Waals surface area contributed by atoms with Gasteiger partial charge in [0.2, 0.25) is 0 Å². The van der Waals surface area contributed by atoms with Crippen molar-refractivity contribution in [2.45, 2.75) is 42.8 Å². The molecule has 2 N–H and O–H groups in total. The number of hydrogen-bond acceptors (Lipinski definition) is 9. The van der Waals surface area contributed by atoms with Crippen molar-refractivity contribution in [3.8, 4) is 0 Å². The lowest BCUT2D eigenvalue weighted by molar-refractivity contribution is -0.244. The Balaban J connectivity index is 1.43. The summed E-state index contributed by atoms with van der Waals surface area (Å²) in [7, 11) is -3.76. The second kappa shape index (κ2) is 8.07. The molecule has 1 saturated heterocycles. The van der Waals surface area contributed by atoms with E-state index in [0.29, 0.717) is 18.5 Å². The minimum absolute atomic E-state index is 0.0478. The molecule has 2 heterocycles. The smallest absolute Gasteiger partial charge is 0.350 e. The fourth-order valence-corrected chi connectivity index (χ4v) is 5.09. The van der Waals surface area contributed by atoms with Crippen molar-refractivity contribution in [2.24, 2.45) is 0 Å². The minimum Gasteiger partial charge on any atom is -0.419 e. The van der Waals surface area contributed by atoms with Crippen LogP contribution in [0.4, 0.5) is 10.8 Å². The SMILES string of the molecule is O=C1OC2(CCCCC2)OC(=O)C1=CNc1ccc(S(=O)(=O)Nc2nccs2)cc1. The molecule has 30 heavy (non-hydrogen) atoms. The molecule has 1 aliphatic heterocycles. The quantitative estimate of drug-likeness (QED) is 0.406. The fourth-order valence-electron chi connectivity index (χ4n) is 3.30. The summed E-state index contributed by atoms with van der Waals surface area (Å²) < 4.78 is 37.9. The third-order valence-corrected chi connectivity index (χ3v) is 6.99. The molecule has 0 atom stereocenters. The zero-order valence-corrected chi connectivity index (χ0v) is 17.4. The predicted octanol–water partition coefficient (Wildman–Crippen LogP) is 3.00. The standard InChI is InChI=1S/C19H19N3O6S2/c23-16-15(17(24)28-19(27-16)8-2-1-3-9-19)12-21-13-4-6-14(7-5-13)30(25,26)22-18-20-10-11-29-18/h4-7,10-12,21H,1-3,8-9H2,(H,20,22). The Morgan fingerprint density at radius 3 is 2.30 bits per heavy atom. The van der Waals surface area contributed by atoms with Gasteiger partial charge in [0.15, 0.2) is 10.7 Å². The molecule has 1 aromatic heterocycles. The Kier molecular flexibility index (Phi) is 5.48. The van der Waals surface area contributed by atoms with E-state index in [0.717, 1.165) is 19.3 Å². The van der Waals surface area contributed by atoms with E-state index >= 15 is 0 Å². The molecule has 0 unspecified atom stereocenters. The van der Waals surface area contributed by atoms with Crippen LogP contribution >= 0.6 is 11.3 Å². The summed E-state index contributed by atoms with van der Waals surface area (Å²) in [6, 6.07) is 5.81. The molecule has 9 nitrogen and oxygen atoms in total. The number of thiazole rings is 1. The lowest BCUT2D eigenvalue weighted by Crippen LogP contribution is -2.47. The third-order valence-electron chi connectivity index (χ3n) is 4.81. The van der Waals surface area contributed by atoms with Gasteiger partial charge < -0.3 is 14.8 Å². The first-order chi connectivity index (χ1) is 14.4. The number of nitrogens with zero attached hydrogens (tertiary/aromatic N) is 1. The molecule has 158 valence electrons. The second-order valence-electron chi connectivity index (χ2n) is 6.92. The molecule has 11 heteroatoms. The van der Waals surface area contributed by atoms with E-state index in [4.69, 9.17) is 9.47 Å². The topological polar surface area (TPSA) is 124 Å². The van der Waals surface area contributed by atoms with Gasteiger partial charge in [-0.1, -0.05) is 6.42 Å². The fraction of sp³-hybridized carbons (Fsp3) is 0.316. The molecule has 1 aliphatic carbocycles. The van der Waals surface area contributed by atoms with Crippen LogP contribution in [-0.2, 0) is 29.1 Å². The van der Waals surface area contributed by atoms with Crippen LogP contribution in [0.15, 0.2) is 52.5 Å². The van der Waals surface area contributed by atoms with Gasteiger partial charge in [-0.25, -0.2) is 23.0 Å². The molecule has 2 aromatic rings. The number of esters is 2. The van der Waals surface area contributed by atoms with E-state index in [1.807, 2.05) is 0 Å². The highest BCUT2D eigenvalue weighted by Crippen LogP contribution is 2.37. The van der Waals surface area contributed by atoms with Gasteiger partial charge in [0, 0.05) is 36.3 Å². The molecule has 2 fully saturated rings. The van der Waals surface area contributed by atoms with Gasteiger partial charge in [-0.2, -0.15) is 0 Å². The molecule has 2 aliphatic rings. The number of carbonyl (C=O) groups excluding carboxylic acids is 2. The molecule has 1 saturated carbocycles. The molecule has 0 radical (unpaired) electrons. The van der Waals surface area contributed by atoms with Crippen LogP contribution in [0.5, 0.6) is 0 Å². The molecule has 1 spiro atoms. The Labute approximate surface area is 177 Å². The van der Waals surface area contributed by atoms with E-state index in [-0.39, 0.29) is 15.6 Å². The Morgan fingerprint density at radius 1 is 1.03 bits per heavy atom. The van der Waals surface area contributed by atoms with Gasteiger partial charge >= 0.3 is 11.9 Å². The minimum atomic E-state index is -3.76. The molecule has 0 amide bonds. The van der Waals surface area contributed by atoms with Crippen LogP contribution in [-0.4, -0.2) is 31.1 Å². The van der Waals surface area contributed by atoms with Gasteiger partial charge in [-0.05, 0) is 37.1 Å². The first kappa shape index (κ1) is 20.4. The van der Waals surface area contributed by atoms with Crippen molar-refractivity contribution in [3.63, 3.8) is 0 Å². The number of aromatic nitrogens is 1. The average Bonchev–Trinajstić information content (AvgIpc) is 3.20. The number of benzene rings is 1. The Bertz CT molecular complexity index is 1050. The van der Waals surface area contributed by atoms with Crippen LogP contribution in [0.2, 0.25) is 0 Å². The average molecular weight is 450 g/mol. The normalized spacial score (nSPS) is 18.5. The van der Waals surface area contributed by atoms with Crippen molar-refractivity contribution in [1.29, 1.82) is 0 Å². The highest BCUT2D eigenvalue weighted by molar-refractivity contribution is 7.93. The van der Waals surface area contributed by atoms with E-state index in [1.54, 1.807) is 5.38 Å². The van der Waals surface area contributed by atoms with Crippen molar-refractivity contribution >= 4 is 44.1 Å². The van der Waals surface area contributed by atoms with Crippen molar-refractivity contribution in [3.05, 3.63) is 47.6 Å². The van der Waals surface area contributed by atoms with Gasteiger partial charge in [-0.15, -0.1) is 11.3 Å². The van der Waals surface area contributed by atoms with Crippen molar-refractivity contribution < 1.29 is 27.5 Å². The predicted molar refractivity (Wildman–Crippen MR) is 109 cm³/mol. The number of hydrogen-bond donors (Lipinski definition) is 2. The summed E-state index contributed by atoms with van der Waals surface area (Å²) in [5.41, 5.74) is 0.239. The zero-order valence-electron chi connectivity index (χ0n) is 15.8. The van der Waals surface area contributed by atoms with Crippen LogP contribution in [0.1, 0.15) is 32.1 Å². The monoisotopic (exact) mass is 449 g/mol. The van der Waals surface area contributed by atoms with Gasteiger partial charge in [-0.3, -0.25) is 4.72 Å². The van der Waals surface area contributed by atoms with Gasteiger partial charge in [0.1, 0.15) is 0 Å². The number of rotatable bonds is 5. The molecule has 0 bridgehead atoms. The van der Waals surface area contributed by atoms with Crippen molar-refractivity contribution in [2.75, 3.05) is 10.0 Å². The van der Waals surface area contributed by atoms with E-state index in [1.165, 1.54) is 48.0 Å².